The smallest absolute Gasteiger partial charge is 0.188 e. The highest BCUT2D eigenvalue weighted by molar-refractivity contribution is 6.22. The van der Waals surface area contributed by atoms with E-state index in [-0.39, 0.29) is 17.5 Å². The third kappa shape index (κ3) is 1.94. The van der Waals surface area contributed by atoms with Crippen LogP contribution < -0.4 is 0 Å². The van der Waals surface area contributed by atoms with Crippen molar-refractivity contribution < 1.29 is 19.8 Å². The maximum absolute atomic E-state index is 13.4. The Morgan fingerprint density at radius 2 is 1.88 bits per heavy atom. The van der Waals surface area contributed by atoms with E-state index in [1.807, 2.05) is 6.08 Å². The maximum atomic E-state index is 13.4. The van der Waals surface area contributed by atoms with Gasteiger partial charge in [-0.2, -0.15) is 0 Å². The Morgan fingerprint density at radius 3 is 2.50 bits per heavy atom. The molecule has 0 radical (unpaired) electrons. The Balaban J connectivity index is 2.02. The van der Waals surface area contributed by atoms with Crippen LogP contribution in [0.1, 0.15) is 39.0 Å². The number of ketones is 2. The van der Waals surface area contributed by atoms with E-state index >= 15 is 0 Å². The SMILES string of the molecule is CCCC1=C[C@@H]2[C@H]3C4(CCCC4=CC(=O)[C@]3(O)CCl)[C@H]1C(=O)[C@]2(O)CCl. The second-order valence-electron chi connectivity index (χ2n) is 8.34. The number of carbonyl (C=O) groups is 2. The molecule has 0 saturated heterocycles. The summed E-state index contributed by atoms with van der Waals surface area (Å²) in [7, 11) is 0. The van der Waals surface area contributed by atoms with Gasteiger partial charge in [-0.1, -0.05) is 30.6 Å². The van der Waals surface area contributed by atoms with E-state index in [9.17, 15) is 19.8 Å². The molecule has 2 fully saturated rings. The molecule has 1 spiro atoms. The zero-order valence-electron chi connectivity index (χ0n) is 14.8. The van der Waals surface area contributed by atoms with Gasteiger partial charge in [0.1, 0.15) is 11.2 Å². The highest BCUT2D eigenvalue weighted by atomic mass is 35.5. The zero-order valence-corrected chi connectivity index (χ0v) is 16.3. The first kappa shape index (κ1) is 18.7. The molecular weight excluding hydrogens is 375 g/mol. The van der Waals surface area contributed by atoms with Gasteiger partial charge in [0.05, 0.1) is 17.7 Å². The van der Waals surface area contributed by atoms with Crippen LogP contribution in [0.5, 0.6) is 0 Å². The second-order valence-corrected chi connectivity index (χ2v) is 8.87. The minimum atomic E-state index is -1.78. The van der Waals surface area contributed by atoms with Crippen molar-refractivity contribution in [2.24, 2.45) is 23.2 Å². The van der Waals surface area contributed by atoms with Crippen LogP contribution in [0, 0.1) is 23.2 Å². The Morgan fingerprint density at radius 1 is 1.19 bits per heavy atom. The molecule has 0 aromatic heterocycles. The fourth-order valence-electron chi connectivity index (χ4n) is 6.32. The van der Waals surface area contributed by atoms with Gasteiger partial charge in [-0.15, -0.1) is 23.2 Å². The van der Waals surface area contributed by atoms with Crippen LogP contribution in [0.4, 0.5) is 0 Å². The van der Waals surface area contributed by atoms with Gasteiger partial charge in [0.15, 0.2) is 11.6 Å². The average Bonchev–Trinajstić information content (AvgIpc) is 3.02. The Kier molecular flexibility index (Phi) is 4.24. The summed E-state index contributed by atoms with van der Waals surface area (Å²) in [6, 6.07) is 0. The topological polar surface area (TPSA) is 74.6 Å². The molecule has 5 rings (SSSR count). The number of aliphatic hydroxyl groups is 2. The normalized spacial score (nSPS) is 46.7. The second kappa shape index (κ2) is 5.91. The molecule has 0 aromatic carbocycles. The van der Waals surface area contributed by atoms with Crippen LogP contribution in [-0.2, 0) is 9.59 Å². The van der Waals surface area contributed by atoms with Gasteiger partial charge in [0.2, 0.25) is 0 Å². The van der Waals surface area contributed by atoms with Gasteiger partial charge in [0, 0.05) is 17.3 Å². The third-order valence-corrected chi connectivity index (χ3v) is 8.08. The van der Waals surface area contributed by atoms with Crippen molar-refractivity contribution in [3.05, 3.63) is 23.3 Å². The van der Waals surface area contributed by atoms with Gasteiger partial charge in [-0.05, 0) is 31.8 Å². The number of Topliss-reactive ketones (excluding diaryl/α,β-unsaturated/α-hetero) is 1. The van der Waals surface area contributed by atoms with Crippen molar-refractivity contribution in [1.82, 2.24) is 0 Å². The van der Waals surface area contributed by atoms with Crippen LogP contribution >= 0.6 is 23.2 Å². The summed E-state index contributed by atoms with van der Waals surface area (Å²) in [6.07, 6.45) is 7.44. The molecule has 2 saturated carbocycles. The number of allylic oxidation sites excluding steroid dienone is 2. The van der Waals surface area contributed by atoms with Crippen LogP contribution in [0.25, 0.3) is 0 Å². The summed E-state index contributed by atoms with van der Waals surface area (Å²) in [5.74, 6) is -3.01. The number of carbonyl (C=O) groups excluding carboxylic acids is 2. The molecule has 1 unspecified atom stereocenters. The van der Waals surface area contributed by atoms with Crippen LogP contribution in [-0.4, -0.2) is 44.7 Å². The number of fused-ring (bicyclic) bond motifs is 1. The third-order valence-electron chi connectivity index (χ3n) is 7.26. The summed E-state index contributed by atoms with van der Waals surface area (Å²) in [5, 5.41) is 22.5. The highest BCUT2D eigenvalue weighted by Crippen LogP contribution is 2.70. The fourth-order valence-corrected chi connectivity index (χ4v) is 6.93. The minimum absolute atomic E-state index is 0.249. The number of alkyl halides is 2. The average molecular weight is 399 g/mol. The highest BCUT2D eigenvalue weighted by Gasteiger charge is 2.74. The monoisotopic (exact) mass is 398 g/mol. The molecule has 0 aromatic rings. The van der Waals surface area contributed by atoms with Crippen LogP contribution in [0.15, 0.2) is 23.3 Å². The molecule has 2 N–H and O–H groups in total. The number of hydrogen-bond donors (Lipinski definition) is 2. The molecule has 0 amide bonds. The van der Waals surface area contributed by atoms with Crippen molar-refractivity contribution in [2.75, 3.05) is 11.8 Å². The van der Waals surface area contributed by atoms with E-state index in [0.29, 0.717) is 0 Å². The maximum Gasteiger partial charge on any atom is 0.188 e. The number of rotatable bonds is 4. The Bertz CT molecular complexity index is 744. The molecule has 26 heavy (non-hydrogen) atoms. The fraction of sp³-hybridized carbons (Fsp3) is 0.700. The largest absolute Gasteiger partial charge is 0.380 e. The van der Waals surface area contributed by atoms with Crippen molar-refractivity contribution in [3.63, 3.8) is 0 Å². The lowest BCUT2D eigenvalue weighted by molar-refractivity contribution is -0.191. The first-order valence-corrected chi connectivity index (χ1v) is 10.4. The minimum Gasteiger partial charge on any atom is -0.380 e. The molecule has 0 heterocycles. The summed E-state index contributed by atoms with van der Waals surface area (Å²) >= 11 is 12.2. The first-order chi connectivity index (χ1) is 12.3. The van der Waals surface area contributed by atoms with E-state index in [1.54, 1.807) is 0 Å². The predicted octanol–water partition coefficient (Wildman–Crippen LogP) is 2.78. The van der Waals surface area contributed by atoms with Crippen LogP contribution in [0.3, 0.4) is 0 Å². The molecule has 5 aliphatic rings. The van der Waals surface area contributed by atoms with E-state index in [2.05, 4.69) is 6.92 Å². The molecule has 6 atom stereocenters. The lowest BCUT2D eigenvalue weighted by Crippen LogP contribution is -2.74. The first-order valence-electron chi connectivity index (χ1n) is 9.38. The number of halogens is 2. The predicted molar refractivity (Wildman–Crippen MR) is 99.2 cm³/mol. The van der Waals surface area contributed by atoms with E-state index in [1.165, 1.54) is 6.08 Å². The molecule has 0 aliphatic heterocycles. The summed E-state index contributed by atoms with van der Waals surface area (Å²) in [4.78, 5) is 26.2. The van der Waals surface area contributed by atoms with Crippen LogP contribution in [0.2, 0.25) is 0 Å². The molecule has 4 nitrogen and oxygen atoms in total. The summed E-state index contributed by atoms with van der Waals surface area (Å²) in [6.45, 7) is 2.06. The molecule has 2 bridgehead atoms. The molecular formula is C20H24Cl2O4. The van der Waals surface area contributed by atoms with Gasteiger partial charge in [-0.25, -0.2) is 0 Å². The van der Waals surface area contributed by atoms with E-state index in [0.717, 1.165) is 43.3 Å². The van der Waals surface area contributed by atoms with Crippen molar-refractivity contribution >= 4 is 34.8 Å². The quantitative estimate of drug-likeness (QED) is 0.563. The van der Waals surface area contributed by atoms with Gasteiger partial charge in [0.25, 0.3) is 0 Å². The summed E-state index contributed by atoms with van der Waals surface area (Å²) < 4.78 is 0. The lowest BCUT2D eigenvalue weighted by atomic mass is 9.40. The Hall–Kier alpha value is -0.680. The van der Waals surface area contributed by atoms with Gasteiger partial charge in [-0.3, -0.25) is 9.59 Å². The number of hydrogen-bond acceptors (Lipinski definition) is 4. The van der Waals surface area contributed by atoms with Gasteiger partial charge >= 0.3 is 0 Å². The molecule has 142 valence electrons. The summed E-state index contributed by atoms with van der Waals surface area (Å²) in [5.41, 5.74) is -2.19. The van der Waals surface area contributed by atoms with Crippen molar-refractivity contribution in [1.29, 1.82) is 0 Å². The van der Waals surface area contributed by atoms with Gasteiger partial charge < -0.3 is 10.2 Å². The lowest BCUT2D eigenvalue weighted by Gasteiger charge is -2.64. The standard InChI is InChI=1S/C20H24Cl2O4/c1-2-4-11-7-13-16-18(15(11)17(24)19(13,25)9-21)6-3-5-12(18)8-14(23)20(16,26)10-22/h7-8,13,15-16,25-26H,2-6,9-10H2,1H3/t13-,15-,16+,18?,19+,20-/m1/s1. The zero-order chi connectivity index (χ0) is 18.9. The van der Waals surface area contributed by atoms with Crippen molar-refractivity contribution in [3.8, 4) is 0 Å². The Labute approximate surface area is 163 Å². The van der Waals surface area contributed by atoms with E-state index < -0.39 is 40.2 Å². The van der Waals surface area contributed by atoms with Crippen molar-refractivity contribution in [2.45, 2.75) is 50.2 Å². The molecule has 5 aliphatic carbocycles. The molecule has 6 heteroatoms. The van der Waals surface area contributed by atoms with E-state index in [4.69, 9.17) is 23.2 Å².